The molecule has 0 amide bonds. The Bertz CT molecular complexity index is 1030. The minimum atomic E-state index is -0.363. The molecule has 12 nitrogen and oxygen atoms in total. The van der Waals surface area contributed by atoms with Gasteiger partial charge < -0.3 is 46.2 Å². The van der Waals surface area contributed by atoms with Gasteiger partial charge in [-0.15, -0.1) is 0 Å². The molecule has 3 aromatic heterocycles. The second-order valence-electron chi connectivity index (χ2n) is 6.66. The SMILES string of the molecule is NCCn1ccc(=O)c(O)c1.NCCn1ccc(=O)c(O)c1.NCCn1ccc(=O)c(O)c1.[In]. The van der Waals surface area contributed by atoms with Gasteiger partial charge in [-0.3, -0.25) is 14.4 Å². The van der Waals surface area contributed by atoms with Crippen LogP contribution in [0.15, 0.2) is 69.8 Å². The molecule has 3 rings (SSSR count). The van der Waals surface area contributed by atoms with E-state index in [-0.39, 0.29) is 59.4 Å². The Kier molecular flexibility index (Phi) is 15.1. The fourth-order valence-electron chi connectivity index (χ4n) is 2.40. The predicted molar refractivity (Wildman–Crippen MR) is 130 cm³/mol. The zero-order valence-electron chi connectivity index (χ0n) is 18.7. The third-order valence-electron chi connectivity index (χ3n) is 4.04. The summed E-state index contributed by atoms with van der Waals surface area (Å²) in [6, 6.07) is 3.93. The van der Waals surface area contributed by atoms with E-state index >= 15 is 0 Å². The Morgan fingerprint density at radius 1 is 0.559 bits per heavy atom. The van der Waals surface area contributed by atoms with Crippen molar-refractivity contribution in [2.75, 3.05) is 19.6 Å². The number of pyridine rings is 3. The Morgan fingerprint density at radius 2 is 0.794 bits per heavy atom. The molecule has 0 unspecified atom stereocenters. The first-order chi connectivity index (χ1) is 15.7. The zero-order chi connectivity index (χ0) is 24.8. The molecule has 0 aromatic carbocycles. The normalized spacial score (nSPS) is 9.62. The van der Waals surface area contributed by atoms with Gasteiger partial charge in [0.05, 0.1) is 0 Å². The first-order valence-corrected chi connectivity index (χ1v) is 9.99. The van der Waals surface area contributed by atoms with Gasteiger partial charge in [-0.1, -0.05) is 0 Å². The minimum Gasteiger partial charge on any atom is -0.503 e. The second-order valence-corrected chi connectivity index (χ2v) is 6.66. The molecule has 0 aliphatic rings. The fraction of sp³-hybridized carbons (Fsp3) is 0.286. The third kappa shape index (κ3) is 11.2. The van der Waals surface area contributed by atoms with Crippen molar-refractivity contribution in [2.24, 2.45) is 17.2 Å². The maximum atomic E-state index is 10.7. The summed E-state index contributed by atoms with van der Waals surface area (Å²) in [5.74, 6) is -0.706. The maximum absolute atomic E-state index is 10.7. The molecule has 0 bridgehead atoms. The summed E-state index contributed by atoms with van der Waals surface area (Å²) in [7, 11) is 0. The molecular weight excluding hydrogens is 547 g/mol. The Hall–Kier alpha value is -3.00. The van der Waals surface area contributed by atoms with Crippen LogP contribution in [0, 0.1) is 0 Å². The van der Waals surface area contributed by atoms with Crippen LogP contribution in [0.4, 0.5) is 0 Å². The topological polar surface area (TPSA) is 205 Å². The number of hydrogen-bond acceptors (Lipinski definition) is 9. The first kappa shape index (κ1) is 31.0. The van der Waals surface area contributed by atoms with Crippen molar-refractivity contribution >= 4 is 25.8 Å². The standard InChI is InChI=1S/3C7H10N2O2.In/c3*8-2-4-9-3-1-6(10)7(11)5-9;/h3*1,3,5,11H,2,4,8H2;. The molecule has 34 heavy (non-hydrogen) atoms. The second kappa shape index (κ2) is 16.6. The zero-order valence-corrected chi connectivity index (χ0v) is 22.0. The van der Waals surface area contributed by atoms with Crippen LogP contribution in [-0.4, -0.2) is 74.5 Å². The molecule has 0 spiro atoms. The smallest absolute Gasteiger partial charge is 0.223 e. The van der Waals surface area contributed by atoms with E-state index in [1.54, 1.807) is 32.3 Å². The molecule has 0 saturated heterocycles. The van der Waals surface area contributed by atoms with Crippen molar-refractivity contribution < 1.29 is 15.3 Å². The van der Waals surface area contributed by atoms with Gasteiger partial charge in [-0.05, 0) is 0 Å². The van der Waals surface area contributed by atoms with Crippen molar-refractivity contribution in [2.45, 2.75) is 19.6 Å². The van der Waals surface area contributed by atoms with E-state index in [1.165, 1.54) is 36.8 Å². The molecule has 3 heterocycles. The van der Waals surface area contributed by atoms with Crippen LogP contribution in [0.2, 0.25) is 0 Å². The molecule has 0 aliphatic heterocycles. The van der Waals surface area contributed by atoms with Gasteiger partial charge in [-0.25, -0.2) is 0 Å². The number of rotatable bonds is 6. The van der Waals surface area contributed by atoms with Crippen molar-refractivity contribution in [1.29, 1.82) is 0 Å². The van der Waals surface area contributed by atoms with Gasteiger partial charge in [-0.2, -0.15) is 0 Å². The molecule has 0 fully saturated rings. The summed E-state index contributed by atoms with van der Waals surface area (Å²) >= 11 is 0. The average molecular weight is 577 g/mol. The van der Waals surface area contributed by atoms with E-state index in [9.17, 15) is 14.4 Å². The van der Waals surface area contributed by atoms with Gasteiger partial charge in [0.25, 0.3) is 0 Å². The molecule has 13 heteroatoms. The molecule has 0 aliphatic carbocycles. The van der Waals surface area contributed by atoms with Crippen LogP contribution in [0.5, 0.6) is 17.2 Å². The van der Waals surface area contributed by atoms with Gasteiger partial charge in [0.15, 0.2) is 17.2 Å². The third-order valence-corrected chi connectivity index (χ3v) is 4.04. The predicted octanol–water partition coefficient (Wildman–Crippen LogP) is -1.84. The molecule has 3 radical (unpaired) electrons. The summed E-state index contributed by atoms with van der Waals surface area (Å²) in [5, 5.41) is 26.9. The monoisotopic (exact) mass is 577 g/mol. The van der Waals surface area contributed by atoms with Crippen LogP contribution >= 0.6 is 0 Å². The number of aromatic hydroxyl groups is 3. The van der Waals surface area contributed by atoms with Gasteiger partial charge in [0, 0.05) is 120 Å². The van der Waals surface area contributed by atoms with E-state index in [1.807, 2.05) is 0 Å². The van der Waals surface area contributed by atoms with Gasteiger partial charge in [0.2, 0.25) is 16.3 Å². The van der Waals surface area contributed by atoms with Crippen molar-refractivity contribution in [3.8, 4) is 17.2 Å². The average Bonchev–Trinajstić information content (AvgIpc) is 2.78. The van der Waals surface area contributed by atoms with E-state index in [0.29, 0.717) is 39.3 Å². The largest absolute Gasteiger partial charge is 0.503 e. The van der Waals surface area contributed by atoms with Crippen molar-refractivity contribution in [3.05, 3.63) is 86.1 Å². The summed E-state index contributed by atoms with van der Waals surface area (Å²) < 4.78 is 4.99. The van der Waals surface area contributed by atoms with Crippen LogP contribution < -0.4 is 33.5 Å². The van der Waals surface area contributed by atoms with E-state index < -0.39 is 0 Å². The Labute approximate surface area is 214 Å². The summed E-state index contributed by atoms with van der Waals surface area (Å²) in [6.07, 6.45) is 8.89. The van der Waals surface area contributed by atoms with Crippen LogP contribution in [0.1, 0.15) is 0 Å². The Balaban J connectivity index is 0.000000473. The molecule has 0 saturated carbocycles. The van der Waals surface area contributed by atoms with E-state index in [0.717, 1.165) is 0 Å². The Morgan fingerprint density at radius 3 is 0.971 bits per heavy atom. The van der Waals surface area contributed by atoms with Gasteiger partial charge >= 0.3 is 0 Å². The van der Waals surface area contributed by atoms with Crippen LogP contribution in [0.25, 0.3) is 0 Å². The van der Waals surface area contributed by atoms with Crippen LogP contribution in [0.3, 0.4) is 0 Å². The van der Waals surface area contributed by atoms with E-state index in [4.69, 9.17) is 32.5 Å². The molecule has 9 N–H and O–H groups in total. The number of aromatic nitrogens is 3. The van der Waals surface area contributed by atoms with Crippen molar-refractivity contribution in [1.82, 2.24) is 13.7 Å². The summed E-state index contributed by atoms with van der Waals surface area (Å²) in [4.78, 5) is 32.0. The first-order valence-electron chi connectivity index (χ1n) is 9.99. The maximum Gasteiger partial charge on any atom is 0.223 e. The molecule has 0 atom stereocenters. The number of nitrogens with zero attached hydrogens (tertiary/aromatic N) is 3. The summed E-state index contributed by atoms with van der Waals surface area (Å²) in [6.45, 7) is 3.28. The van der Waals surface area contributed by atoms with E-state index in [2.05, 4.69) is 0 Å². The van der Waals surface area contributed by atoms with Gasteiger partial charge in [0.1, 0.15) is 0 Å². The fourth-order valence-corrected chi connectivity index (χ4v) is 2.40. The minimum absolute atomic E-state index is 0. The molecule has 3 aromatic rings. The molecule has 183 valence electrons. The van der Waals surface area contributed by atoms with Crippen LogP contribution in [-0.2, 0) is 19.6 Å². The number of nitrogens with two attached hydrogens (primary N) is 3. The van der Waals surface area contributed by atoms with Crippen molar-refractivity contribution in [3.63, 3.8) is 0 Å². The quantitative estimate of drug-likeness (QED) is 0.194. The summed E-state index contributed by atoms with van der Waals surface area (Å²) in [5.41, 5.74) is 14.7. The number of hydrogen-bond donors (Lipinski definition) is 6. The molecular formula is C21H30InN6O6.